The highest BCUT2D eigenvalue weighted by atomic mass is 35.5. The van der Waals surface area contributed by atoms with Crippen LogP contribution in [0.3, 0.4) is 0 Å². The van der Waals surface area contributed by atoms with E-state index in [1.54, 1.807) is 17.1 Å². The van der Waals surface area contributed by atoms with Crippen LogP contribution < -0.4 is 0 Å². The minimum Gasteiger partial charge on any atom is -0.275 e. The van der Waals surface area contributed by atoms with Crippen LogP contribution in [0.4, 0.5) is 0 Å². The average molecular weight is 235 g/mol. The summed E-state index contributed by atoms with van der Waals surface area (Å²) >= 11 is 5.84. The molecular weight excluding hydrogens is 228 g/mol. The second kappa shape index (κ2) is 3.28. The number of aromatic nitrogens is 6. The van der Waals surface area contributed by atoms with Gasteiger partial charge in [-0.15, -0.1) is 0 Å². The van der Waals surface area contributed by atoms with Crippen LogP contribution in [-0.4, -0.2) is 29.9 Å². The molecule has 0 spiro atoms. The van der Waals surface area contributed by atoms with Gasteiger partial charge in [0, 0.05) is 18.8 Å². The Morgan fingerprint density at radius 1 is 1.31 bits per heavy atom. The van der Waals surface area contributed by atoms with Crippen LogP contribution >= 0.6 is 11.6 Å². The molecule has 6 nitrogen and oxygen atoms in total. The first-order valence-electron chi connectivity index (χ1n) is 4.59. The Bertz CT molecular complexity index is 655. The zero-order valence-electron chi connectivity index (χ0n) is 8.35. The maximum atomic E-state index is 5.84. The Balaban J connectivity index is 2.33. The molecule has 0 aliphatic rings. The minimum atomic E-state index is 0.190. The molecule has 0 aromatic carbocycles. The largest absolute Gasteiger partial charge is 0.275 e. The van der Waals surface area contributed by atoms with E-state index in [1.807, 2.05) is 13.2 Å². The quantitative estimate of drug-likeness (QED) is 0.646. The third kappa shape index (κ3) is 1.35. The molecule has 0 unspecified atom stereocenters. The summed E-state index contributed by atoms with van der Waals surface area (Å²) in [5.74, 6) is 0. The van der Waals surface area contributed by atoms with Crippen molar-refractivity contribution >= 4 is 22.6 Å². The molecule has 3 aromatic rings. The van der Waals surface area contributed by atoms with Crippen molar-refractivity contribution in [2.75, 3.05) is 0 Å². The van der Waals surface area contributed by atoms with Gasteiger partial charge in [-0.2, -0.15) is 15.2 Å². The summed E-state index contributed by atoms with van der Waals surface area (Å²) in [6.45, 7) is 0. The van der Waals surface area contributed by atoms with Crippen molar-refractivity contribution in [1.29, 1.82) is 0 Å². The van der Waals surface area contributed by atoms with E-state index in [1.165, 1.54) is 0 Å². The fourth-order valence-electron chi connectivity index (χ4n) is 1.57. The summed E-state index contributed by atoms with van der Waals surface area (Å²) in [7, 11) is 1.85. The van der Waals surface area contributed by atoms with Gasteiger partial charge >= 0.3 is 0 Å². The molecule has 3 aromatic heterocycles. The van der Waals surface area contributed by atoms with Crippen LogP contribution in [0.25, 0.3) is 22.3 Å². The van der Waals surface area contributed by atoms with E-state index in [0.29, 0.717) is 5.65 Å². The third-order valence-electron chi connectivity index (χ3n) is 2.26. The molecule has 80 valence electrons. The van der Waals surface area contributed by atoms with Crippen LogP contribution in [0.1, 0.15) is 0 Å². The van der Waals surface area contributed by atoms with Crippen LogP contribution in [0, 0.1) is 0 Å². The van der Waals surface area contributed by atoms with Gasteiger partial charge in [0.1, 0.15) is 0 Å². The molecular formula is C9H7ClN6. The van der Waals surface area contributed by atoms with Crippen LogP contribution in [0.2, 0.25) is 5.28 Å². The lowest BCUT2D eigenvalue weighted by Crippen LogP contribution is -1.89. The van der Waals surface area contributed by atoms with E-state index in [9.17, 15) is 0 Å². The topological polar surface area (TPSA) is 72.3 Å². The zero-order valence-corrected chi connectivity index (χ0v) is 9.10. The van der Waals surface area contributed by atoms with Crippen molar-refractivity contribution in [3.05, 3.63) is 23.9 Å². The first-order chi connectivity index (χ1) is 7.74. The van der Waals surface area contributed by atoms with Crippen molar-refractivity contribution < 1.29 is 0 Å². The molecule has 0 atom stereocenters. The molecule has 0 bridgehead atoms. The van der Waals surface area contributed by atoms with Gasteiger partial charge in [0.2, 0.25) is 5.28 Å². The van der Waals surface area contributed by atoms with Gasteiger partial charge in [0.25, 0.3) is 0 Å². The highest BCUT2D eigenvalue weighted by Gasteiger charge is 2.11. The van der Waals surface area contributed by atoms with Gasteiger partial charge < -0.3 is 0 Å². The number of hydrogen-bond donors (Lipinski definition) is 1. The Labute approximate surface area is 95.3 Å². The number of aryl methyl sites for hydroxylation is 1. The average Bonchev–Trinajstić information content (AvgIpc) is 2.84. The maximum Gasteiger partial charge on any atom is 0.224 e. The van der Waals surface area contributed by atoms with Crippen molar-refractivity contribution in [2.24, 2.45) is 7.05 Å². The minimum absolute atomic E-state index is 0.190. The summed E-state index contributed by atoms with van der Waals surface area (Å²) < 4.78 is 1.71. The number of fused-ring (bicyclic) bond motifs is 1. The van der Waals surface area contributed by atoms with Crippen molar-refractivity contribution in [3.8, 4) is 11.3 Å². The molecule has 3 heterocycles. The molecule has 0 aliphatic carbocycles. The molecule has 0 saturated carbocycles. The normalized spacial score (nSPS) is 11.1. The van der Waals surface area contributed by atoms with Gasteiger partial charge in [0.05, 0.1) is 23.5 Å². The SMILES string of the molecule is Cn1cc(-c2nc(Cl)nc3[nH]ncc23)cn1. The summed E-state index contributed by atoms with van der Waals surface area (Å²) in [5, 5.41) is 11.8. The van der Waals surface area contributed by atoms with Gasteiger partial charge in [-0.05, 0) is 11.6 Å². The maximum absolute atomic E-state index is 5.84. The first kappa shape index (κ1) is 9.29. The van der Waals surface area contributed by atoms with E-state index in [2.05, 4.69) is 25.3 Å². The van der Waals surface area contributed by atoms with Crippen molar-refractivity contribution in [3.63, 3.8) is 0 Å². The smallest absolute Gasteiger partial charge is 0.224 e. The number of halogens is 1. The molecule has 0 fully saturated rings. The Kier molecular flexibility index (Phi) is 1.90. The molecule has 0 saturated heterocycles. The molecule has 0 aliphatic heterocycles. The Morgan fingerprint density at radius 2 is 2.19 bits per heavy atom. The van der Waals surface area contributed by atoms with E-state index in [0.717, 1.165) is 16.6 Å². The first-order valence-corrected chi connectivity index (χ1v) is 4.97. The van der Waals surface area contributed by atoms with Crippen molar-refractivity contribution in [2.45, 2.75) is 0 Å². The van der Waals surface area contributed by atoms with Crippen molar-refractivity contribution in [1.82, 2.24) is 29.9 Å². The number of aromatic amines is 1. The lowest BCUT2D eigenvalue weighted by molar-refractivity contribution is 0.768. The molecule has 3 rings (SSSR count). The highest BCUT2D eigenvalue weighted by molar-refractivity contribution is 6.28. The van der Waals surface area contributed by atoms with E-state index >= 15 is 0 Å². The number of nitrogens with zero attached hydrogens (tertiary/aromatic N) is 5. The van der Waals surface area contributed by atoms with Gasteiger partial charge in [-0.25, -0.2) is 4.98 Å². The number of hydrogen-bond acceptors (Lipinski definition) is 4. The summed E-state index contributed by atoms with van der Waals surface area (Å²) in [6.07, 6.45) is 5.27. The van der Waals surface area contributed by atoms with Gasteiger partial charge in [-0.1, -0.05) is 0 Å². The van der Waals surface area contributed by atoms with Gasteiger partial charge in [0.15, 0.2) is 5.65 Å². The fourth-order valence-corrected chi connectivity index (χ4v) is 1.74. The third-order valence-corrected chi connectivity index (χ3v) is 2.43. The Hall–Kier alpha value is -1.95. The second-order valence-corrected chi connectivity index (χ2v) is 3.71. The van der Waals surface area contributed by atoms with E-state index in [-0.39, 0.29) is 5.28 Å². The molecule has 16 heavy (non-hydrogen) atoms. The number of H-pyrrole nitrogens is 1. The van der Waals surface area contributed by atoms with E-state index < -0.39 is 0 Å². The fraction of sp³-hybridized carbons (Fsp3) is 0.111. The molecule has 0 amide bonds. The van der Waals surface area contributed by atoms with Crippen LogP contribution in [-0.2, 0) is 7.05 Å². The molecule has 0 radical (unpaired) electrons. The Morgan fingerprint density at radius 3 is 2.94 bits per heavy atom. The standard InChI is InChI=1S/C9H7ClN6/c1-16-4-5(2-12-16)7-6-3-11-15-8(6)14-9(10)13-7/h2-4H,1H3,(H,11,13,14,15). The lowest BCUT2D eigenvalue weighted by Gasteiger charge is -1.98. The molecule has 1 N–H and O–H groups in total. The molecule has 7 heteroatoms. The monoisotopic (exact) mass is 234 g/mol. The second-order valence-electron chi connectivity index (χ2n) is 3.38. The summed E-state index contributed by atoms with van der Waals surface area (Å²) in [6, 6.07) is 0. The van der Waals surface area contributed by atoms with Crippen LogP contribution in [0.15, 0.2) is 18.6 Å². The lowest BCUT2D eigenvalue weighted by atomic mass is 10.2. The zero-order chi connectivity index (χ0) is 11.1. The predicted molar refractivity (Wildman–Crippen MR) is 58.9 cm³/mol. The summed E-state index contributed by atoms with van der Waals surface area (Å²) in [5.41, 5.74) is 2.24. The number of rotatable bonds is 1. The number of nitrogens with one attached hydrogen (secondary N) is 1. The highest BCUT2D eigenvalue weighted by Crippen LogP contribution is 2.25. The predicted octanol–water partition coefficient (Wildman–Crippen LogP) is 1.41. The van der Waals surface area contributed by atoms with Gasteiger partial charge in [-0.3, -0.25) is 9.78 Å². The summed E-state index contributed by atoms with van der Waals surface area (Å²) in [4.78, 5) is 8.24. The van der Waals surface area contributed by atoms with E-state index in [4.69, 9.17) is 11.6 Å². The van der Waals surface area contributed by atoms with Crippen LogP contribution in [0.5, 0.6) is 0 Å².